The van der Waals surface area contributed by atoms with Crippen LogP contribution in [0.1, 0.15) is 5.56 Å². The van der Waals surface area contributed by atoms with Crippen LogP contribution in [0, 0.1) is 4.64 Å². The fourth-order valence-electron chi connectivity index (χ4n) is 1.54. The van der Waals surface area contributed by atoms with Crippen molar-refractivity contribution in [1.82, 2.24) is 9.55 Å². The average molecular weight is 270 g/mol. The standard InChI is InChI=1S/C12H9F3N2S/c1-17-6-10(11(18)16-7-17)8-2-4-9(5-3-8)12(13,14)15/h2-7H,1H3. The van der Waals surface area contributed by atoms with Gasteiger partial charge in [0.15, 0.2) is 0 Å². The molecule has 0 saturated heterocycles. The van der Waals surface area contributed by atoms with Gasteiger partial charge in [-0.1, -0.05) is 24.4 Å². The van der Waals surface area contributed by atoms with Gasteiger partial charge in [0.05, 0.1) is 11.9 Å². The maximum Gasteiger partial charge on any atom is 0.416 e. The molecule has 2 nitrogen and oxygen atoms in total. The quantitative estimate of drug-likeness (QED) is 0.733. The number of hydrogen-bond acceptors (Lipinski definition) is 2. The van der Waals surface area contributed by atoms with Crippen LogP contribution >= 0.6 is 12.2 Å². The molecule has 0 amide bonds. The van der Waals surface area contributed by atoms with E-state index in [2.05, 4.69) is 4.98 Å². The first-order valence-electron chi connectivity index (χ1n) is 5.08. The number of alkyl halides is 3. The molecule has 18 heavy (non-hydrogen) atoms. The Kier molecular flexibility index (Phi) is 3.21. The van der Waals surface area contributed by atoms with E-state index < -0.39 is 11.7 Å². The largest absolute Gasteiger partial charge is 0.416 e. The Morgan fingerprint density at radius 3 is 2.33 bits per heavy atom. The van der Waals surface area contributed by atoms with E-state index in [0.29, 0.717) is 15.8 Å². The SMILES string of the molecule is Cn1cnc(=S)c(-c2ccc(C(F)(F)F)cc2)c1. The van der Waals surface area contributed by atoms with Gasteiger partial charge >= 0.3 is 6.18 Å². The number of nitrogens with zero attached hydrogens (tertiary/aromatic N) is 2. The van der Waals surface area contributed by atoms with Crippen molar-refractivity contribution in [3.05, 3.63) is 47.0 Å². The Bertz CT molecular complexity index is 614. The molecule has 0 aliphatic heterocycles. The molecule has 0 bridgehead atoms. The zero-order valence-electron chi connectivity index (χ0n) is 9.40. The van der Waals surface area contributed by atoms with E-state index >= 15 is 0 Å². The summed E-state index contributed by atoms with van der Waals surface area (Å²) in [5.41, 5.74) is 0.589. The molecule has 1 aromatic heterocycles. The van der Waals surface area contributed by atoms with Crippen molar-refractivity contribution in [1.29, 1.82) is 0 Å². The monoisotopic (exact) mass is 270 g/mol. The van der Waals surface area contributed by atoms with E-state index in [-0.39, 0.29) is 0 Å². The Morgan fingerprint density at radius 2 is 1.78 bits per heavy atom. The number of rotatable bonds is 1. The van der Waals surface area contributed by atoms with Gasteiger partial charge in [-0.15, -0.1) is 0 Å². The van der Waals surface area contributed by atoms with Gasteiger partial charge in [-0.2, -0.15) is 13.2 Å². The molecule has 0 fully saturated rings. The van der Waals surface area contributed by atoms with Crippen LogP contribution in [0.2, 0.25) is 0 Å². The van der Waals surface area contributed by atoms with Crippen LogP contribution in [0.5, 0.6) is 0 Å². The number of aryl methyl sites for hydroxylation is 1. The van der Waals surface area contributed by atoms with Gasteiger partial charge < -0.3 is 4.57 Å². The van der Waals surface area contributed by atoms with Crippen LogP contribution in [-0.4, -0.2) is 9.55 Å². The van der Waals surface area contributed by atoms with E-state index in [0.717, 1.165) is 12.1 Å². The number of aromatic nitrogens is 2. The first-order chi connectivity index (χ1) is 8.38. The lowest BCUT2D eigenvalue weighted by Gasteiger charge is -2.08. The predicted molar refractivity (Wildman–Crippen MR) is 64.5 cm³/mol. The Balaban J connectivity index is 2.47. The highest BCUT2D eigenvalue weighted by atomic mass is 32.1. The second kappa shape index (κ2) is 4.53. The van der Waals surface area contributed by atoms with E-state index in [4.69, 9.17) is 12.2 Å². The van der Waals surface area contributed by atoms with Gasteiger partial charge in [0.1, 0.15) is 4.64 Å². The molecule has 1 aromatic carbocycles. The van der Waals surface area contributed by atoms with Crippen LogP contribution in [0.25, 0.3) is 11.1 Å². The van der Waals surface area contributed by atoms with Gasteiger partial charge in [0.25, 0.3) is 0 Å². The number of benzene rings is 1. The summed E-state index contributed by atoms with van der Waals surface area (Å²) < 4.78 is 39.4. The molecule has 0 atom stereocenters. The Morgan fingerprint density at radius 1 is 1.17 bits per heavy atom. The maximum atomic E-state index is 12.4. The molecule has 2 rings (SSSR count). The van der Waals surface area contributed by atoms with Crippen molar-refractivity contribution in [2.75, 3.05) is 0 Å². The second-order valence-corrected chi connectivity index (χ2v) is 4.22. The fourth-order valence-corrected chi connectivity index (χ4v) is 1.76. The van der Waals surface area contributed by atoms with Gasteiger partial charge in [-0.3, -0.25) is 0 Å². The highest BCUT2D eigenvalue weighted by Gasteiger charge is 2.29. The molecule has 0 aliphatic carbocycles. The third-order valence-corrected chi connectivity index (χ3v) is 2.77. The van der Waals surface area contributed by atoms with E-state index in [1.807, 2.05) is 0 Å². The molecular weight excluding hydrogens is 261 g/mol. The molecule has 0 radical (unpaired) electrons. The summed E-state index contributed by atoms with van der Waals surface area (Å²) in [7, 11) is 1.77. The smallest absolute Gasteiger partial charge is 0.341 e. The highest BCUT2D eigenvalue weighted by molar-refractivity contribution is 7.71. The minimum absolute atomic E-state index is 0.368. The van der Waals surface area contributed by atoms with Crippen LogP contribution < -0.4 is 0 Å². The molecular formula is C12H9F3N2S. The van der Waals surface area contributed by atoms with Crippen molar-refractivity contribution in [2.45, 2.75) is 6.18 Å². The van der Waals surface area contributed by atoms with Crippen molar-refractivity contribution < 1.29 is 13.2 Å². The lowest BCUT2D eigenvalue weighted by Crippen LogP contribution is -2.04. The summed E-state index contributed by atoms with van der Waals surface area (Å²) in [5.74, 6) is 0. The normalized spacial score (nSPS) is 11.6. The van der Waals surface area contributed by atoms with Crippen molar-refractivity contribution in [3.63, 3.8) is 0 Å². The Labute approximate surface area is 107 Å². The second-order valence-electron chi connectivity index (χ2n) is 3.83. The molecule has 0 saturated carbocycles. The van der Waals surface area contributed by atoms with E-state index in [9.17, 15) is 13.2 Å². The third-order valence-electron chi connectivity index (χ3n) is 2.44. The molecule has 0 unspecified atom stereocenters. The zero-order chi connectivity index (χ0) is 13.3. The van der Waals surface area contributed by atoms with E-state index in [1.54, 1.807) is 24.1 Å². The van der Waals surface area contributed by atoms with Gasteiger partial charge in [-0.25, -0.2) is 4.98 Å². The van der Waals surface area contributed by atoms with Crippen molar-refractivity contribution in [3.8, 4) is 11.1 Å². The third kappa shape index (κ3) is 2.59. The van der Waals surface area contributed by atoms with E-state index in [1.165, 1.54) is 12.1 Å². The first-order valence-corrected chi connectivity index (χ1v) is 5.48. The van der Waals surface area contributed by atoms with Crippen molar-refractivity contribution >= 4 is 12.2 Å². The maximum absolute atomic E-state index is 12.4. The molecule has 0 aliphatic rings. The molecule has 94 valence electrons. The van der Waals surface area contributed by atoms with Crippen LogP contribution in [-0.2, 0) is 13.2 Å². The topological polar surface area (TPSA) is 17.8 Å². The number of hydrogen-bond donors (Lipinski definition) is 0. The van der Waals surface area contributed by atoms with Crippen molar-refractivity contribution in [2.24, 2.45) is 7.05 Å². The van der Waals surface area contributed by atoms with Gasteiger partial charge in [0.2, 0.25) is 0 Å². The number of halogens is 3. The predicted octanol–water partition coefficient (Wildman–Crippen LogP) is 3.84. The lowest BCUT2D eigenvalue weighted by atomic mass is 10.1. The zero-order valence-corrected chi connectivity index (χ0v) is 10.2. The minimum Gasteiger partial charge on any atom is -0.341 e. The van der Waals surface area contributed by atoms with Gasteiger partial charge in [0, 0.05) is 18.8 Å². The molecule has 6 heteroatoms. The summed E-state index contributed by atoms with van der Waals surface area (Å²) in [6.45, 7) is 0. The summed E-state index contributed by atoms with van der Waals surface area (Å²) >= 11 is 5.05. The van der Waals surface area contributed by atoms with Crippen LogP contribution in [0.3, 0.4) is 0 Å². The molecule has 2 aromatic rings. The summed E-state index contributed by atoms with van der Waals surface area (Å²) in [5, 5.41) is 0. The minimum atomic E-state index is -4.32. The van der Waals surface area contributed by atoms with Crippen LogP contribution in [0.15, 0.2) is 36.8 Å². The summed E-state index contributed by atoms with van der Waals surface area (Å²) in [6.07, 6.45) is -1.04. The fraction of sp³-hybridized carbons (Fsp3) is 0.167. The molecule has 1 heterocycles. The Hall–Kier alpha value is -1.69. The average Bonchev–Trinajstić information content (AvgIpc) is 2.31. The molecule has 0 spiro atoms. The highest BCUT2D eigenvalue weighted by Crippen LogP contribution is 2.30. The summed E-state index contributed by atoms with van der Waals surface area (Å²) in [4.78, 5) is 3.98. The van der Waals surface area contributed by atoms with Crippen LogP contribution in [0.4, 0.5) is 13.2 Å². The summed E-state index contributed by atoms with van der Waals surface area (Å²) in [6, 6.07) is 4.87. The first kappa shape index (κ1) is 12.8. The lowest BCUT2D eigenvalue weighted by molar-refractivity contribution is -0.137. The molecule has 0 N–H and O–H groups in total. The van der Waals surface area contributed by atoms with Gasteiger partial charge in [-0.05, 0) is 17.7 Å².